The van der Waals surface area contributed by atoms with Crippen molar-refractivity contribution in [2.75, 3.05) is 24.7 Å². The Morgan fingerprint density at radius 3 is 2.88 bits per heavy atom. The molecule has 1 amide bonds. The van der Waals surface area contributed by atoms with Crippen LogP contribution in [-0.4, -0.2) is 50.8 Å². The predicted molar refractivity (Wildman–Crippen MR) is 128 cm³/mol. The fourth-order valence-corrected chi connectivity index (χ4v) is 5.32. The molecule has 1 aliphatic heterocycles. The zero-order valence-corrected chi connectivity index (χ0v) is 20.1. The quantitative estimate of drug-likeness (QED) is 0.604. The fraction of sp³-hybridized carbons (Fsp3) is 0.600. The maximum atomic E-state index is 13.3. The summed E-state index contributed by atoms with van der Waals surface area (Å²) in [6.45, 7) is 10.7. The third-order valence-electron chi connectivity index (χ3n) is 7.46. The van der Waals surface area contributed by atoms with Gasteiger partial charge in [-0.2, -0.15) is 5.10 Å². The lowest BCUT2D eigenvalue weighted by molar-refractivity contribution is -0.124. The number of amides is 1. The van der Waals surface area contributed by atoms with Crippen LogP contribution in [0.4, 0.5) is 5.69 Å². The number of nitrogens with zero attached hydrogens (tertiary/aromatic N) is 4. The number of fused-ring (bicyclic) bond motifs is 2. The summed E-state index contributed by atoms with van der Waals surface area (Å²) in [6.07, 6.45) is 6.76. The van der Waals surface area contributed by atoms with E-state index in [1.807, 2.05) is 24.8 Å². The maximum Gasteiger partial charge on any atom is 0.230 e. The second-order valence-electron chi connectivity index (χ2n) is 10.3. The van der Waals surface area contributed by atoms with Crippen molar-refractivity contribution in [1.29, 1.82) is 0 Å². The molecule has 4 heterocycles. The Balaban J connectivity index is 1.41. The van der Waals surface area contributed by atoms with Gasteiger partial charge in [-0.3, -0.25) is 9.89 Å². The van der Waals surface area contributed by atoms with Gasteiger partial charge in [0.2, 0.25) is 5.91 Å². The van der Waals surface area contributed by atoms with E-state index in [1.54, 1.807) is 6.20 Å². The molecule has 33 heavy (non-hydrogen) atoms. The molecular formula is C25H34N6O2. The second-order valence-corrected chi connectivity index (χ2v) is 10.3. The predicted octanol–water partition coefficient (Wildman–Crippen LogP) is 4.28. The third kappa shape index (κ3) is 4.16. The molecule has 8 nitrogen and oxygen atoms in total. The van der Waals surface area contributed by atoms with Crippen LogP contribution in [0.3, 0.4) is 0 Å². The highest BCUT2D eigenvalue weighted by Gasteiger charge is 2.31. The van der Waals surface area contributed by atoms with Gasteiger partial charge in [-0.15, -0.1) is 0 Å². The summed E-state index contributed by atoms with van der Waals surface area (Å²) in [5, 5.41) is 7.81. The first-order chi connectivity index (χ1) is 15.9. The van der Waals surface area contributed by atoms with Crippen molar-refractivity contribution in [3.8, 4) is 11.5 Å². The number of pyridine rings is 1. The summed E-state index contributed by atoms with van der Waals surface area (Å²) in [5.41, 5.74) is 5.90. The molecule has 3 aromatic rings. The van der Waals surface area contributed by atoms with Gasteiger partial charge in [-0.25, -0.2) is 9.97 Å². The van der Waals surface area contributed by atoms with E-state index in [0.29, 0.717) is 23.5 Å². The van der Waals surface area contributed by atoms with Crippen LogP contribution in [-0.2, 0) is 22.4 Å². The van der Waals surface area contributed by atoms with E-state index in [2.05, 4.69) is 34.0 Å². The lowest BCUT2D eigenvalue weighted by Gasteiger charge is -2.31. The Labute approximate surface area is 194 Å². The van der Waals surface area contributed by atoms with Gasteiger partial charge in [0, 0.05) is 36.9 Å². The smallest absolute Gasteiger partial charge is 0.230 e. The minimum atomic E-state index is -0.0401. The Morgan fingerprint density at radius 1 is 1.33 bits per heavy atom. The molecule has 0 radical (unpaired) electrons. The van der Waals surface area contributed by atoms with Gasteiger partial charge in [0.15, 0.2) is 11.5 Å². The zero-order chi connectivity index (χ0) is 23.2. The molecule has 0 unspecified atom stereocenters. The van der Waals surface area contributed by atoms with E-state index >= 15 is 0 Å². The highest BCUT2D eigenvalue weighted by molar-refractivity contribution is 5.96. The molecule has 1 fully saturated rings. The standard InChI is InChI=1S/C25H34N6O2/c1-5-31(24(32)15(2)16-7-10-33-11-8-16)17-12-19-22(26-14-17)28-23(27-19)21-18-6-9-25(3,4)13-20(18)29-30-21/h12,14-16H,5-11,13H2,1-4H3,(H,29,30)(H,26,27,28)/t15-/m1/s1. The number of carbonyl (C=O) groups excluding carboxylic acids is 1. The van der Waals surface area contributed by atoms with E-state index < -0.39 is 0 Å². The molecule has 0 saturated carbocycles. The number of hydrogen-bond acceptors (Lipinski definition) is 5. The van der Waals surface area contributed by atoms with Crippen molar-refractivity contribution >= 4 is 22.8 Å². The number of aromatic amines is 2. The number of H-pyrrole nitrogens is 2. The molecule has 0 spiro atoms. The SMILES string of the molecule is CCN(C(=O)[C@H](C)C1CCOCC1)c1cnc2nc(-c3n[nH]c4c3CCC(C)(C)C4)[nH]c2c1. The Kier molecular flexibility index (Phi) is 5.72. The van der Waals surface area contributed by atoms with Crippen LogP contribution >= 0.6 is 0 Å². The average Bonchev–Trinajstić information content (AvgIpc) is 3.41. The van der Waals surface area contributed by atoms with Crippen molar-refractivity contribution in [2.45, 2.75) is 59.8 Å². The van der Waals surface area contributed by atoms with Crippen molar-refractivity contribution in [3.63, 3.8) is 0 Å². The van der Waals surface area contributed by atoms with E-state index in [9.17, 15) is 4.79 Å². The van der Waals surface area contributed by atoms with Crippen LogP contribution in [0.5, 0.6) is 0 Å². The molecule has 1 aliphatic carbocycles. The molecule has 176 valence electrons. The first-order valence-electron chi connectivity index (χ1n) is 12.2. The van der Waals surface area contributed by atoms with Crippen LogP contribution in [0.1, 0.15) is 58.2 Å². The Morgan fingerprint density at radius 2 is 2.12 bits per heavy atom. The summed E-state index contributed by atoms with van der Waals surface area (Å²) in [7, 11) is 0. The number of ether oxygens (including phenoxy) is 1. The minimum Gasteiger partial charge on any atom is -0.381 e. The molecule has 0 bridgehead atoms. The van der Waals surface area contributed by atoms with Gasteiger partial charge in [-0.1, -0.05) is 20.8 Å². The van der Waals surface area contributed by atoms with Crippen LogP contribution < -0.4 is 4.90 Å². The fourth-order valence-electron chi connectivity index (χ4n) is 5.32. The maximum absolute atomic E-state index is 13.3. The number of carbonyl (C=O) groups is 1. The summed E-state index contributed by atoms with van der Waals surface area (Å²) >= 11 is 0. The van der Waals surface area contributed by atoms with Gasteiger partial charge in [0.1, 0.15) is 5.69 Å². The van der Waals surface area contributed by atoms with Gasteiger partial charge < -0.3 is 14.6 Å². The van der Waals surface area contributed by atoms with E-state index in [1.165, 1.54) is 11.3 Å². The first kappa shape index (κ1) is 22.1. The van der Waals surface area contributed by atoms with Crippen molar-refractivity contribution < 1.29 is 9.53 Å². The molecule has 3 aromatic heterocycles. The average molecular weight is 451 g/mol. The molecule has 1 atom stereocenters. The minimum absolute atomic E-state index is 0.0401. The number of hydrogen-bond donors (Lipinski definition) is 2. The van der Waals surface area contributed by atoms with Crippen LogP contribution in [0, 0.1) is 17.3 Å². The first-order valence-corrected chi connectivity index (χ1v) is 12.2. The molecule has 2 aliphatic rings. The highest BCUT2D eigenvalue weighted by Crippen LogP contribution is 2.37. The van der Waals surface area contributed by atoms with Gasteiger partial charge >= 0.3 is 0 Å². The molecule has 2 N–H and O–H groups in total. The van der Waals surface area contributed by atoms with Gasteiger partial charge in [0.05, 0.1) is 17.4 Å². The number of rotatable bonds is 5. The topological polar surface area (TPSA) is 99.8 Å². The summed E-state index contributed by atoms with van der Waals surface area (Å²) in [5.74, 6) is 1.21. The lowest BCUT2D eigenvalue weighted by atomic mass is 9.76. The largest absolute Gasteiger partial charge is 0.381 e. The third-order valence-corrected chi connectivity index (χ3v) is 7.46. The van der Waals surface area contributed by atoms with Crippen LogP contribution in [0.2, 0.25) is 0 Å². The molecule has 5 rings (SSSR count). The summed E-state index contributed by atoms with van der Waals surface area (Å²) < 4.78 is 5.47. The molecule has 8 heteroatoms. The monoisotopic (exact) mass is 450 g/mol. The summed E-state index contributed by atoms with van der Waals surface area (Å²) in [6, 6.07) is 1.99. The number of nitrogens with one attached hydrogen (secondary N) is 2. The van der Waals surface area contributed by atoms with E-state index in [0.717, 1.165) is 68.0 Å². The Hall–Kier alpha value is -2.74. The molecule has 1 saturated heterocycles. The van der Waals surface area contributed by atoms with Crippen LogP contribution in [0.25, 0.3) is 22.7 Å². The Bertz CT molecular complexity index is 1160. The summed E-state index contributed by atoms with van der Waals surface area (Å²) in [4.78, 5) is 27.9. The molecular weight excluding hydrogens is 416 g/mol. The number of imidazole rings is 1. The zero-order valence-electron chi connectivity index (χ0n) is 20.1. The number of aromatic nitrogens is 5. The van der Waals surface area contributed by atoms with Crippen molar-refractivity contribution in [2.24, 2.45) is 17.3 Å². The van der Waals surface area contributed by atoms with Gasteiger partial charge in [0.25, 0.3) is 0 Å². The van der Waals surface area contributed by atoms with E-state index in [-0.39, 0.29) is 11.8 Å². The number of anilines is 1. The van der Waals surface area contributed by atoms with Crippen molar-refractivity contribution in [1.82, 2.24) is 25.1 Å². The molecule has 0 aromatic carbocycles. The highest BCUT2D eigenvalue weighted by atomic mass is 16.5. The second kappa shape index (κ2) is 8.56. The van der Waals surface area contributed by atoms with Crippen molar-refractivity contribution in [3.05, 3.63) is 23.5 Å². The lowest BCUT2D eigenvalue weighted by Crippen LogP contribution is -2.39. The normalized spacial score (nSPS) is 19.4. The van der Waals surface area contributed by atoms with Crippen LogP contribution in [0.15, 0.2) is 12.3 Å². The van der Waals surface area contributed by atoms with Gasteiger partial charge in [-0.05, 0) is 56.4 Å². The van der Waals surface area contributed by atoms with E-state index in [4.69, 9.17) is 9.72 Å².